The minimum Gasteiger partial charge on any atom is -0.475 e. The molecule has 1 aromatic carbocycles. The van der Waals surface area contributed by atoms with E-state index in [4.69, 9.17) is 9.52 Å². The van der Waals surface area contributed by atoms with Crippen LogP contribution < -0.4 is 5.69 Å². The SMILES string of the molecule is Cn1c(=O)n(Cc2ccoc2C(=O)O)c2ccccc21. The number of para-hydroxylation sites is 2. The number of aromatic nitrogens is 2. The molecule has 0 amide bonds. The van der Waals surface area contributed by atoms with Gasteiger partial charge >= 0.3 is 11.7 Å². The second-order valence-corrected chi connectivity index (χ2v) is 4.50. The number of imidazole rings is 1. The summed E-state index contributed by atoms with van der Waals surface area (Å²) in [5.41, 5.74) is 1.84. The van der Waals surface area contributed by atoms with Crippen LogP contribution in [0.15, 0.2) is 45.8 Å². The molecule has 2 heterocycles. The lowest BCUT2D eigenvalue weighted by molar-refractivity contribution is 0.0660. The van der Waals surface area contributed by atoms with Crippen molar-refractivity contribution >= 4 is 17.0 Å². The molecule has 6 heteroatoms. The van der Waals surface area contributed by atoms with Gasteiger partial charge in [-0.1, -0.05) is 12.1 Å². The van der Waals surface area contributed by atoms with Gasteiger partial charge in [0.25, 0.3) is 0 Å². The highest BCUT2D eigenvalue weighted by atomic mass is 16.4. The van der Waals surface area contributed by atoms with E-state index >= 15 is 0 Å². The molecule has 0 atom stereocenters. The Bertz CT molecular complexity index is 854. The molecule has 0 bridgehead atoms. The Morgan fingerprint density at radius 2 is 1.95 bits per heavy atom. The number of carboxylic acid groups (broad SMARTS) is 1. The van der Waals surface area contributed by atoms with Crippen LogP contribution >= 0.6 is 0 Å². The van der Waals surface area contributed by atoms with Crippen molar-refractivity contribution in [1.29, 1.82) is 0 Å². The van der Waals surface area contributed by atoms with Crippen LogP contribution in [0.1, 0.15) is 16.1 Å². The molecule has 0 saturated carbocycles. The van der Waals surface area contributed by atoms with Crippen LogP contribution in [0.4, 0.5) is 0 Å². The van der Waals surface area contributed by atoms with Crippen LogP contribution in [0.3, 0.4) is 0 Å². The van der Waals surface area contributed by atoms with Crippen LogP contribution in [0, 0.1) is 0 Å². The van der Waals surface area contributed by atoms with Crippen LogP contribution in [0.25, 0.3) is 11.0 Å². The van der Waals surface area contributed by atoms with Crippen LogP contribution in [-0.2, 0) is 13.6 Å². The van der Waals surface area contributed by atoms with Gasteiger partial charge in [0.05, 0.1) is 23.8 Å². The number of nitrogens with zero attached hydrogens (tertiary/aromatic N) is 2. The third-order valence-electron chi connectivity index (χ3n) is 3.32. The zero-order valence-corrected chi connectivity index (χ0v) is 10.7. The lowest BCUT2D eigenvalue weighted by atomic mass is 10.2. The fourth-order valence-corrected chi connectivity index (χ4v) is 2.33. The van der Waals surface area contributed by atoms with E-state index in [0.717, 1.165) is 11.0 Å². The highest BCUT2D eigenvalue weighted by Gasteiger charge is 2.17. The van der Waals surface area contributed by atoms with E-state index in [2.05, 4.69) is 0 Å². The van der Waals surface area contributed by atoms with Crippen molar-refractivity contribution < 1.29 is 14.3 Å². The number of carboxylic acids is 1. The first-order valence-electron chi connectivity index (χ1n) is 6.03. The molecule has 2 aromatic heterocycles. The number of aryl methyl sites for hydroxylation is 1. The van der Waals surface area contributed by atoms with E-state index in [9.17, 15) is 9.59 Å². The summed E-state index contributed by atoms with van der Waals surface area (Å²) in [6.45, 7) is 0.165. The van der Waals surface area contributed by atoms with E-state index in [1.54, 1.807) is 13.1 Å². The Labute approximate surface area is 113 Å². The summed E-state index contributed by atoms with van der Waals surface area (Å²) in [7, 11) is 1.69. The highest BCUT2D eigenvalue weighted by Crippen LogP contribution is 2.16. The number of hydrogen-bond donors (Lipinski definition) is 1. The van der Waals surface area contributed by atoms with Gasteiger partial charge in [-0.3, -0.25) is 9.13 Å². The van der Waals surface area contributed by atoms with E-state index in [1.807, 2.05) is 24.3 Å². The quantitative estimate of drug-likeness (QED) is 0.787. The first-order chi connectivity index (χ1) is 9.59. The molecular formula is C14H12N2O4. The molecule has 0 spiro atoms. The van der Waals surface area contributed by atoms with Gasteiger partial charge in [-0.05, 0) is 18.2 Å². The molecule has 6 nitrogen and oxygen atoms in total. The van der Waals surface area contributed by atoms with Gasteiger partial charge in [-0.15, -0.1) is 0 Å². The standard InChI is InChI=1S/C14H12N2O4/c1-15-10-4-2-3-5-11(10)16(14(15)19)8-9-6-7-20-12(9)13(17)18/h2-7H,8H2,1H3,(H,17,18). The minimum absolute atomic E-state index is 0.134. The highest BCUT2D eigenvalue weighted by molar-refractivity contribution is 5.86. The number of benzene rings is 1. The van der Waals surface area contributed by atoms with E-state index in [1.165, 1.54) is 15.4 Å². The summed E-state index contributed by atoms with van der Waals surface area (Å²) in [6.07, 6.45) is 1.31. The zero-order valence-electron chi connectivity index (χ0n) is 10.7. The number of fused-ring (bicyclic) bond motifs is 1. The van der Waals surface area contributed by atoms with Crippen molar-refractivity contribution in [2.45, 2.75) is 6.54 Å². The largest absolute Gasteiger partial charge is 0.475 e. The third-order valence-corrected chi connectivity index (χ3v) is 3.32. The summed E-state index contributed by atoms with van der Waals surface area (Å²) in [4.78, 5) is 23.3. The number of carbonyl (C=O) groups is 1. The Morgan fingerprint density at radius 1 is 1.25 bits per heavy atom. The van der Waals surface area contributed by atoms with Gasteiger partial charge in [0.15, 0.2) is 0 Å². The Morgan fingerprint density at radius 3 is 2.65 bits per heavy atom. The summed E-state index contributed by atoms with van der Waals surface area (Å²) >= 11 is 0. The summed E-state index contributed by atoms with van der Waals surface area (Å²) in [5, 5.41) is 9.03. The molecule has 0 aliphatic rings. The average Bonchev–Trinajstić information content (AvgIpc) is 2.99. The number of furan rings is 1. The van der Waals surface area contributed by atoms with Gasteiger partial charge < -0.3 is 9.52 Å². The molecular weight excluding hydrogens is 260 g/mol. The van der Waals surface area contributed by atoms with Crippen LogP contribution in [-0.4, -0.2) is 20.2 Å². The second-order valence-electron chi connectivity index (χ2n) is 4.50. The van der Waals surface area contributed by atoms with Crippen molar-refractivity contribution in [1.82, 2.24) is 9.13 Å². The summed E-state index contributed by atoms with van der Waals surface area (Å²) in [6, 6.07) is 8.94. The maximum absolute atomic E-state index is 12.2. The fourth-order valence-electron chi connectivity index (χ4n) is 2.33. The number of aromatic carboxylic acids is 1. The lowest BCUT2D eigenvalue weighted by Gasteiger charge is -2.02. The number of rotatable bonds is 3. The van der Waals surface area contributed by atoms with Gasteiger partial charge in [0.1, 0.15) is 0 Å². The van der Waals surface area contributed by atoms with Crippen molar-refractivity contribution in [2.75, 3.05) is 0 Å². The Kier molecular flexibility index (Phi) is 2.71. The molecule has 3 aromatic rings. The molecule has 3 rings (SSSR count). The van der Waals surface area contributed by atoms with Crippen LogP contribution in [0.5, 0.6) is 0 Å². The maximum atomic E-state index is 12.2. The average molecular weight is 272 g/mol. The van der Waals surface area contributed by atoms with E-state index < -0.39 is 5.97 Å². The van der Waals surface area contributed by atoms with E-state index in [0.29, 0.717) is 5.56 Å². The second kappa shape index (κ2) is 4.41. The zero-order chi connectivity index (χ0) is 14.3. The van der Waals surface area contributed by atoms with Crippen molar-refractivity contribution in [2.24, 2.45) is 7.05 Å². The van der Waals surface area contributed by atoms with Gasteiger partial charge in [-0.2, -0.15) is 0 Å². The lowest BCUT2D eigenvalue weighted by Crippen LogP contribution is -2.23. The molecule has 0 aliphatic heterocycles. The Balaban J connectivity index is 2.16. The Hall–Kier alpha value is -2.76. The van der Waals surface area contributed by atoms with E-state index in [-0.39, 0.29) is 18.0 Å². The van der Waals surface area contributed by atoms with Gasteiger partial charge in [0.2, 0.25) is 5.76 Å². The van der Waals surface area contributed by atoms with Gasteiger partial charge in [0, 0.05) is 12.6 Å². The molecule has 0 fully saturated rings. The molecule has 20 heavy (non-hydrogen) atoms. The van der Waals surface area contributed by atoms with Crippen molar-refractivity contribution in [3.8, 4) is 0 Å². The predicted molar refractivity (Wildman–Crippen MR) is 71.9 cm³/mol. The first kappa shape index (κ1) is 12.3. The summed E-state index contributed by atoms with van der Waals surface area (Å²) in [5.74, 6) is -1.27. The molecule has 102 valence electrons. The normalized spacial score (nSPS) is 11.1. The molecule has 0 unspecified atom stereocenters. The summed E-state index contributed by atoms with van der Waals surface area (Å²) < 4.78 is 8.01. The third kappa shape index (κ3) is 1.73. The number of hydrogen-bond acceptors (Lipinski definition) is 3. The monoisotopic (exact) mass is 272 g/mol. The molecule has 1 N–H and O–H groups in total. The smallest absolute Gasteiger partial charge is 0.372 e. The topological polar surface area (TPSA) is 77.4 Å². The van der Waals surface area contributed by atoms with Crippen molar-refractivity contribution in [3.05, 3.63) is 58.4 Å². The first-order valence-corrected chi connectivity index (χ1v) is 6.03. The maximum Gasteiger partial charge on any atom is 0.372 e. The molecule has 0 aliphatic carbocycles. The fraction of sp³-hybridized carbons (Fsp3) is 0.143. The predicted octanol–water partition coefficient (Wildman–Crippen LogP) is 1.68. The molecule has 0 radical (unpaired) electrons. The molecule has 0 saturated heterocycles. The van der Waals surface area contributed by atoms with Gasteiger partial charge in [-0.25, -0.2) is 9.59 Å². The van der Waals surface area contributed by atoms with Crippen LogP contribution in [0.2, 0.25) is 0 Å². The van der Waals surface area contributed by atoms with Crippen molar-refractivity contribution in [3.63, 3.8) is 0 Å². The minimum atomic E-state index is -1.14.